The van der Waals surface area contributed by atoms with Crippen LogP contribution in [0.2, 0.25) is 0 Å². The zero-order valence-corrected chi connectivity index (χ0v) is 11.4. The maximum Gasteiger partial charge on any atom is 0.245 e. The summed E-state index contributed by atoms with van der Waals surface area (Å²) in [4.78, 5) is 12.8. The minimum Gasteiger partial charge on any atom is -0.345 e. The van der Waals surface area contributed by atoms with Gasteiger partial charge in [0.2, 0.25) is 5.91 Å². The van der Waals surface area contributed by atoms with Crippen molar-refractivity contribution >= 4 is 5.91 Å². The Morgan fingerprint density at radius 1 is 1.11 bits per heavy atom. The first kappa shape index (κ1) is 14.5. The van der Waals surface area contributed by atoms with E-state index < -0.39 is 0 Å². The van der Waals surface area contributed by atoms with Crippen LogP contribution in [0, 0.1) is 0 Å². The first-order chi connectivity index (χ1) is 8.70. The van der Waals surface area contributed by atoms with Crippen LogP contribution in [-0.2, 0) is 11.2 Å². The zero-order valence-electron chi connectivity index (χ0n) is 11.4. The van der Waals surface area contributed by atoms with E-state index in [0.29, 0.717) is 0 Å². The summed E-state index contributed by atoms with van der Waals surface area (Å²) in [6, 6.07) is 10.6. The van der Waals surface area contributed by atoms with E-state index in [4.69, 9.17) is 0 Å². The van der Waals surface area contributed by atoms with Crippen LogP contribution in [0.4, 0.5) is 0 Å². The maximum atomic E-state index is 11.3. The molecule has 1 rings (SSSR count). The van der Waals surface area contributed by atoms with Gasteiger partial charge in [0.15, 0.2) is 0 Å². The highest BCUT2D eigenvalue weighted by Gasteiger charge is 1.96. The lowest BCUT2D eigenvalue weighted by Gasteiger charge is -2.05. The fourth-order valence-corrected chi connectivity index (χ4v) is 1.75. The predicted octanol–water partition coefficient (Wildman–Crippen LogP) is 3.43. The van der Waals surface area contributed by atoms with E-state index in [9.17, 15) is 4.79 Å². The fourth-order valence-electron chi connectivity index (χ4n) is 1.75. The van der Waals surface area contributed by atoms with Crippen LogP contribution in [-0.4, -0.2) is 24.9 Å². The highest BCUT2D eigenvalue weighted by atomic mass is 16.2. The molecule has 98 valence electrons. The van der Waals surface area contributed by atoms with Crippen LogP contribution < -0.4 is 0 Å². The van der Waals surface area contributed by atoms with Gasteiger partial charge in [-0.1, -0.05) is 42.8 Å². The van der Waals surface area contributed by atoms with Gasteiger partial charge >= 0.3 is 0 Å². The molecule has 0 aliphatic rings. The van der Waals surface area contributed by atoms with E-state index in [0.717, 1.165) is 19.3 Å². The molecule has 1 aromatic carbocycles. The lowest BCUT2D eigenvalue weighted by Crippen LogP contribution is -2.18. The Kier molecular flexibility index (Phi) is 6.85. The number of unbranched alkanes of at least 4 members (excludes halogenated alkanes) is 3. The van der Waals surface area contributed by atoms with Crippen LogP contribution >= 0.6 is 0 Å². The third-order valence-corrected chi connectivity index (χ3v) is 2.88. The molecule has 0 bridgehead atoms. The summed E-state index contributed by atoms with van der Waals surface area (Å²) in [5, 5.41) is 0. The molecule has 0 atom stereocenters. The first-order valence-electron chi connectivity index (χ1n) is 6.62. The summed E-state index contributed by atoms with van der Waals surface area (Å²) in [6.07, 6.45) is 9.39. The van der Waals surface area contributed by atoms with E-state index in [1.54, 1.807) is 25.1 Å². The van der Waals surface area contributed by atoms with Gasteiger partial charge in [-0.25, -0.2) is 0 Å². The molecule has 18 heavy (non-hydrogen) atoms. The maximum absolute atomic E-state index is 11.3. The number of hydrogen-bond donors (Lipinski definition) is 0. The van der Waals surface area contributed by atoms with Crippen molar-refractivity contribution in [1.82, 2.24) is 4.90 Å². The Bertz CT molecular complexity index is 368. The summed E-state index contributed by atoms with van der Waals surface area (Å²) in [5.41, 5.74) is 1.41. The summed E-state index contributed by atoms with van der Waals surface area (Å²) in [6.45, 7) is 0. The number of hydrogen-bond acceptors (Lipinski definition) is 1. The number of likely N-dealkylation sites (N-methyl/N-ethyl adjacent to an activating group) is 1. The van der Waals surface area contributed by atoms with Gasteiger partial charge in [-0.3, -0.25) is 4.79 Å². The van der Waals surface area contributed by atoms with Gasteiger partial charge < -0.3 is 4.90 Å². The van der Waals surface area contributed by atoms with Crippen LogP contribution in [0.1, 0.15) is 31.2 Å². The number of nitrogens with zero attached hydrogens (tertiary/aromatic N) is 1. The molecule has 0 saturated carbocycles. The van der Waals surface area contributed by atoms with Gasteiger partial charge in [0, 0.05) is 14.1 Å². The van der Waals surface area contributed by atoms with Crippen molar-refractivity contribution in [3.63, 3.8) is 0 Å². The van der Waals surface area contributed by atoms with Gasteiger partial charge in [-0.15, -0.1) is 0 Å². The smallest absolute Gasteiger partial charge is 0.245 e. The van der Waals surface area contributed by atoms with Crippen molar-refractivity contribution in [2.75, 3.05) is 14.1 Å². The standard InChI is InChI=1S/C16H23NO/c1-17(2)16(18)14-10-5-3-4-7-11-15-12-8-6-9-13-15/h6,8-10,12-14H,3-5,7,11H2,1-2H3. The molecule has 2 heteroatoms. The van der Waals surface area contributed by atoms with Gasteiger partial charge in [0.25, 0.3) is 0 Å². The Labute approximate surface area is 110 Å². The summed E-state index contributed by atoms with van der Waals surface area (Å²) in [7, 11) is 3.54. The van der Waals surface area contributed by atoms with E-state index >= 15 is 0 Å². The fraction of sp³-hybridized carbons (Fsp3) is 0.438. The van der Waals surface area contributed by atoms with Crippen LogP contribution in [0.3, 0.4) is 0 Å². The molecule has 1 aromatic rings. The normalized spacial score (nSPS) is 10.8. The first-order valence-corrected chi connectivity index (χ1v) is 6.62. The van der Waals surface area contributed by atoms with E-state index in [1.807, 2.05) is 6.08 Å². The molecular formula is C16H23NO. The second kappa shape index (κ2) is 8.51. The van der Waals surface area contributed by atoms with Crippen molar-refractivity contribution < 1.29 is 4.79 Å². The third-order valence-electron chi connectivity index (χ3n) is 2.88. The quantitative estimate of drug-likeness (QED) is 0.532. The lowest BCUT2D eigenvalue weighted by atomic mass is 10.1. The molecule has 0 N–H and O–H groups in total. The van der Waals surface area contributed by atoms with Crippen molar-refractivity contribution in [2.24, 2.45) is 0 Å². The molecule has 1 amide bonds. The molecule has 2 nitrogen and oxygen atoms in total. The summed E-state index contributed by atoms with van der Waals surface area (Å²) in [5.74, 6) is 0.0688. The predicted molar refractivity (Wildman–Crippen MR) is 76.4 cm³/mol. The number of aryl methyl sites for hydroxylation is 1. The second-order valence-corrected chi connectivity index (χ2v) is 4.72. The highest BCUT2D eigenvalue weighted by molar-refractivity contribution is 5.86. The average Bonchev–Trinajstić information content (AvgIpc) is 2.38. The van der Waals surface area contributed by atoms with Crippen molar-refractivity contribution in [2.45, 2.75) is 32.1 Å². The minimum atomic E-state index is 0.0688. The van der Waals surface area contributed by atoms with E-state index in [-0.39, 0.29) is 5.91 Å². The van der Waals surface area contributed by atoms with E-state index in [1.165, 1.54) is 18.4 Å². The molecule has 0 unspecified atom stereocenters. The van der Waals surface area contributed by atoms with Gasteiger partial charge in [0.05, 0.1) is 0 Å². The number of rotatable bonds is 7. The number of carbonyl (C=O) groups excluding carboxylic acids is 1. The monoisotopic (exact) mass is 245 g/mol. The molecule has 0 aliphatic carbocycles. The highest BCUT2D eigenvalue weighted by Crippen LogP contribution is 2.07. The Balaban J connectivity index is 2.04. The largest absolute Gasteiger partial charge is 0.345 e. The topological polar surface area (TPSA) is 20.3 Å². The lowest BCUT2D eigenvalue weighted by molar-refractivity contribution is -0.123. The Hall–Kier alpha value is -1.57. The van der Waals surface area contributed by atoms with Crippen molar-refractivity contribution in [3.05, 3.63) is 48.0 Å². The van der Waals surface area contributed by atoms with Gasteiger partial charge in [0.1, 0.15) is 0 Å². The van der Waals surface area contributed by atoms with Gasteiger partial charge in [-0.2, -0.15) is 0 Å². The number of carbonyl (C=O) groups is 1. The van der Waals surface area contributed by atoms with Crippen molar-refractivity contribution in [3.8, 4) is 0 Å². The molecule has 0 fully saturated rings. The van der Waals surface area contributed by atoms with Crippen LogP contribution in [0.5, 0.6) is 0 Å². The molecule has 0 aliphatic heterocycles. The Morgan fingerprint density at radius 3 is 2.50 bits per heavy atom. The molecule has 0 spiro atoms. The van der Waals surface area contributed by atoms with E-state index in [2.05, 4.69) is 30.3 Å². The molecule has 0 aromatic heterocycles. The summed E-state index contributed by atoms with van der Waals surface area (Å²) >= 11 is 0. The Morgan fingerprint density at radius 2 is 1.83 bits per heavy atom. The van der Waals surface area contributed by atoms with Crippen LogP contribution in [0.15, 0.2) is 42.5 Å². The zero-order chi connectivity index (χ0) is 13.2. The van der Waals surface area contributed by atoms with Gasteiger partial charge in [-0.05, 0) is 37.3 Å². The average molecular weight is 245 g/mol. The number of allylic oxidation sites excluding steroid dienone is 1. The third kappa shape index (κ3) is 6.24. The second-order valence-electron chi connectivity index (χ2n) is 4.72. The molecule has 0 radical (unpaired) electrons. The summed E-state index contributed by atoms with van der Waals surface area (Å²) < 4.78 is 0. The molecule has 0 heterocycles. The number of amides is 1. The minimum absolute atomic E-state index is 0.0688. The number of benzene rings is 1. The molecular weight excluding hydrogens is 222 g/mol. The SMILES string of the molecule is CN(C)C(=O)C=CCCCCCc1ccccc1. The van der Waals surface area contributed by atoms with Crippen LogP contribution in [0.25, 0.3) is 0 Å². The molecule has 0 saturated heterocycles. The van der Waals surface area contributed by atoms with Crippen molar-refractivity contribution in [1.29, 1.82) is 0 Å².